The maximum absolute atomic E-state index is 6.29. The second-order valence-electron chi connectivity index (χ2n) is 11.1. The van der Waals surface area contributed by atoms with Gasteiger partial charge in [-0.05, 0) is 49.2 Å². The molecular formula is C34H39N5O4. The minimum atomic E-state index is -0.201. The molecule has 0 radical (unpaired) electrons. The molecule has 1 saturated carbocycles. The first-order valence-electron chi connectivity index (χ1n) is 14.8. The van der Waals surface area contributed by atoms with Crippen LogP contribution in [0.2, 0.25) is 0 Å². The van der Waals surface area contributed by atoms with E-state index >= 15 is 0 Å². The van der Waals surface area contributed by atoms with Crippen LogP contribution in [0.3, 0.4) is 0 Å². The topological polar surface area (TPSA) is 91.2 Å². The van der Waals surface area contributed by atoms with Crippen molar-refractivity contribution in [3.05, 3.63) is 84.9 Å². The Morgan fingerprint density at radius 2 is 1.77 bits per heavy atom. The minimum Gasteiger partial charge on any atom is -0.497 e. The van der Waals surface area contributed by atoms with Gasteiger partial charge in [-0.15, -0.1) is 0 Å². The number of anilines is 2. The zero-order valence-corrected chi connectivity index (χ0v) is 25.2. The Bertz CT molecular complexity index is 1710. The van der Waals surface area contributed by atoms with E-state index in [-0.39, 0.29) is 11.0 Å². The van der Waals surface area contributed by atoms with E-state index in [0.29, 0.717) is 13.2 Å². The number of benzene rings is 2. The van der Waals surface area contributed by atoms with E-state index in [1.165, 1.54) is 0 Å². The molecule has 3 aromatic heterocycles. The Balaban J connectivity index is 0.00000161. The summed E-state index contributed by atoms with van der Waals surface area (Å²) in [4.78, 5) is 8.93. The van der Waals surface area contributed by atoms with Crippen LogP contribution in [0.1, 0.15) is 32.3 Å². The van der Waals surface area contributed by atoms with E-state index in [9.17, 15) is 0 Å². The molecule has 3 fully saturated rings. The Labute approximate surface area is 252 Å². The molecule has 0 amide bonds. The third-order valence-electron chi connectivity index (χ3n) is 8.34. The summed E-state index contributed by atoms with van der Waals surface area (Å²) in [5.41, 5.74) is 2.96. The Morgan fingerprint density at radius 3 is 2.60 bits per heavy atom. The van der Waals surface area contributed by atoms with Gasteiger partial charge in [-0.25, -0.2) is 9.97 Å². The van der Waals surface area contributed by atoms with Gasteiger partial charge in [0.25, 0.3) is 0 Å². The smallest absolute Gasteiger partial charge is 0.136 e. The second kappa shape index (κ2) is 12.0. The average molecular weight is 582 g/mol. The molecule has 2 N–H and O–H groups in total. The molecule has 9 heteroatoms. The zero-order valence-electron chi connectivity index (χ0n) is 25.2. The molecule has 2 saturated heterocycles. The lowest BCUT2D eigenvalue weighted by Crippen LogP contribution is -2.51. The van der Waals surface area contributed by atoms with Gasteiger partial charge >= 0.3 is 0 Å². The van der Waals surface area contributed by atoms with Crippen molar-refractivity contribution in [1.29, 1.82) is 0 Å². The molecule has 3 aliphatic rings. The lowest BCUT2D eigenvalue weighted by molar-refractivity contribution is -0.0482. The molecule has 0 spiro atoms. The van der Waals surface area contributed by atoms with Crippen molar-refractivity contribution < 1.29 is 18.9 Å². The summed E-state index contributed by atoms with van der Waals surface area (Å²) in [6.45, 7) is 6.73. The first-order chi connectivity index (χ1) is 21.1. The maximum atomic E-state index is 6.29. The van der Waals surface area contributed by atoms with E-state index in [0.717, 1.165) is 76.7 Å². The number of hydrogen-bond acceptors (Lipinski definition) is 8. The summed E-state index contributed by atoms with van der Waals surface area (Å²) in [6.07, 6.45) is 9.51. The summed E-state index contributed by atoms with van der Waals surface area (Å²) < 4.78 is 25.3. The predicted octanol–water partition coefficient (Wildman–Crippen LogP) is 6.58. The summed E-state index contributed by atoms with van der Waals surface area (Å²) in [5.74, 6) is 3.20. The van der Waals surface area contributed by atoms with Crippen LogP contribution in [-0.2, 0) is 11.3 Å². The molecule has 1 aliphatic carbocycles. The van der Waals surface area contributed by atoms with E-state index in [2.05, 4.69) is 44.9 Å². The number of hydrogen-bond donors (Lipinski definition) is 2. The van der Waals surface area contributed by atoms with Gasteiger partial charge in [-0.1, -0.05) is 26.0 Å². The molecule has 0 unspecified atom stereocenters. The summed E-state index contributed by atoms with van der Waals surface area (Å²) >= 11 is 0. The molecule has 2 aromatic carbocycles. The van der Waals surface area contributed by atoms with Gasteiger partial charge in [0.05, 0.1) is 27.0 Å². The maximum Gasteiger partial charge on any atom is 0.136 e. The fourth-order valence-electron chi connectivity index (χ4n) is 6.31. The van der Waals surface area contributed by atoms with Crippen LogP contribution >= 0.6 is 0 Å². The van der Waals surface area contributed by atoms with Crippen molar-refractivity contribution in [3.8, 4) is 17.2 Å². The van der Waals surface area contributed by atoms with Crippen molar-refractivity contribution in [1.82, 2.24) is 14.4 Å². The van der Waals surface area contributed by atoms with Crippen LogP contribution < -0.4 is 24.8 Å². The molecule has 5 aromatic rings. The number of rotatable bonds is 11. The van der Waals surface area contributed by atoms with Crippen LogP contribution in [0.5, 0.6) is 17.2 Å². The van der Waals surface area contributed by atoms with Gasteiger partial charge in [0.15, 0.2) is 0 Å². The van der Waals surface area contributed by atoms with E-state index < -0.39 is 0 Å². The van der Waals surface area contributed by atoms with Crippen molar-refractivity contribution in [2.45, 2.75) is 38.8 Å². The largest absolute Gasteiger partial charge is 0.497 e. The first kappa shape index (κ1) is 28.6. The molecule has 8 rings (SSSR count). The number of nitrogens with zero attached hydrogens (tertiary/aromatic N) is 3. The van der Waals surface area contributed by atoms with Crippen molar-refractivity contribution in [2.75, 3.05) is 44.6 Å². The van der Waals surface area contributed by atoms with Crippen molar-refractivity contribution in [2.24, 2.45) is 5.41 Å². The van der Waals surface area contributed by atoms with Gasteiger partial charge in [-0.2, -0.15) is 0 Å². The van der Waals surface area contributed by atoms with Crippen LogP contribution in [0, 0.1) is 5.41 Å². The van der Waals surface area contributed by atoms with Crippen LogP contribution in [0.4, 0.5) is 11.5 Å². The molecule has 2 aliphatic heterocycles. The molecule has 0 atom stereocenters. The van der Waals surface area contributed by atoms with Gasteiger partial charge in [0.1, 0.15) is 40.9 Å². The number of ether oxygens (including phenoxy) is 4. The van der Waals surface area contributed by atoms with Crippen LogP contribution in [0.15, 0.2) is 79.4 Å². The van der Waals surface area contributed by atoms with E-state index in [1.54, 1.807) is 20.4 Å². The lowest BCUT2D eigenvalue weighted by Gasteiger charge is -2.44. The van der Waals surface area contributed by atoms with Gasteiger partial charge < -0.3 is 34.0 Å². The third-order valence-corrected chi connectivity index (χ3v) is 8.34. The summed E-state index contributed by atoms with van der Waals surface area (Å²) in [5, 5.41) is 9.42. The van der Waals surface area contributed by atoms with Crippen LogP contribution in [0.25, 0.3) is 16.4 Å². The summed E-state index contributed by atoms with van der Waals surface area (Å²) in [6, 6.07) is 18.1. The molecule has 43 heavy (non-hydrogen) atoms. The number of fused-ring (bicyclic) bond motifs is 3. The molecule has 9 nitrogen and oxygen atoms in total. The highest BCUT2D eigenvalue weighted by molar-refractivity contribution is 5.99. The average Bonchev–Trinajstić information content (AvgIpc) is 3.76. The number of pyridine rings is 2. The van der Waals surface area contributed by atoms with Crippen LogP contribution in [-0.4, -0.2) is 53.9 Å². The zero-order chi connectivity index (χ0) is 29.9. The monoisotopic (exact) mass is 581 g/mol. The fraction of sp³-hybridized carbons (Fsp3) is 0.353. The quantitative estimate of drug-likeness (QED) is 0.181. The van der Waals surface area contributed by atoms with Gasteiger partial charge in [0, 0.05) is 65.2 Å². The van der Waals surface area contributed by atoms with Crippen molar-refractivity contribution in [3.63, 3.8) is 0 Å². The molecule has 224 valence electrons. The predicted molar refractivity (Wildman–Crippen MR) is 169 cm³/mol. The highest BCUT2D eigenvalue weighted by Crippen LogP contribution is 2.58. The first-order valence-corrected chi connectivity index (χ1v) is 14.8. The highest BCUT2D eigenvalue weighted by Gasteiger charge is 2.62. The minimum absolute atomic E-state index is 0.124. The second-order valence-corrected chi connectivity index (χ2v) is 11.1. The molecule has 2 bridgehead atoms. The van der Waals surface area contributed by atoms with Crippen molar-refractivity contribution >= 4 is 27.9 Å². The normalized spacial score (nSPS) is 20.2. The Hall–Kier alpha value is -4.50. The Kier molecular flexibility index (Phi) is 7.99. The molecular weight excluding hydrogens is 542 g/mol. The third kappa shape index (κ3) is 5.64. The lowest BCUT2D eigenvalue weighted by atomic mass is 9.62. The van der Waals surface area contributed by atoms with E-state index in [1.807, 2.05) is 67.2 Å². The number of aromatic nitrogens is 3. The number of imidazole rings is 1. The Morgan fingerprint density at radius 1 is 0.907 bits per heavy atom. The van der Waals surface area contributed by atoms with Gasteiger partial charge in [0.2, 0.25) is 0 Å². The number of methoxy groups -OCH3 is 2. The SMILES string of the molecule is CC.COc1ccc(CNc2nccc3c(NCC45COC(COc6ccc7nccn7c6)(C4)C5)cccc23)c(OC)c1. The summed E-state index contributed by atoms with van der Waals surface area (Å²) in [7, 11) is 3.32. The fourth-order valence-corrected chi connectivity index (χ4v) is 6.31. The molecule has 5 heterocycles. The van der Waals surface area contributed by atoms with Gasteiger partial charge in [-0.3, -0.25) is 0 Å². The van der Waals surface area contributed by atoms with E-state index in [4.69, 9.17) is 18.9 Å². The standard InChI is InChI=1S/C32H33N5O4.C2H6/c1-38-23-7-6-22(28(14-23)39-2)15-35-30-26-4-3-5-27(25(26)10-11-34-30)36-19-31-17-32(18-31,41-20-31)21-40-24-8-9-29-33-12-13-37(29)16-24;1-2/h3-14,16,36H,15,17-21H2,1-2H3,(H,34,35);1-2H3. The number of nitrogens with one attached hydrogen (secondary N) is 2. The highest BCUT2D eigenvalue weighted by atomic mass is 16.6.